The van der Waals surface area contributed by atoms with Gasteiger partial charge in [-0.1, -0.05) is 29.8 Å². The summed E-state index contributed by atoms with van der Waals surface area (Å²) in [5.41, 5.74) is 9.93. The Morgan fingerprint density at radius 2 is 2.00 bits per heavy atom. The summed E-state index contributed by atoms with van der Waals surface area (Å²) in [6, 6.07) is 16.9. The van der Waals surface area contributed by atoms with Crippen molar-refractivity contribution in [3.63, 3.8) is 0 Å². The molecule has 0 aliphatic carbocycles. The second kappa shape index (κ2) is 7.73. The molecule has 7 heteroatoms. The second-order valence-corrected chi connectivity index (χ2v) is 7.97. The number of nitrogens with two attached hydrogens (primary N) is 1. The van der Waals surface area contributed by atoms with Gasteiger partial charge in [0, 0.05) is 10.9 Å². The van der Waals surface area contributed by atoms with Gasteiger partial charge in [-0.2, -0.15) is 0 Å². The number of nitrogens with zero attached hydrogens (tertiary/aromatic N) is 1. The van der Waals surface area contributed by atoms with E-state index in [4.69, 9.17) is 27.1 Å². The number of carbonyl (C=O) groups excluding carboxylic acids is 1. The number of aryl methyl sites for hydroxylation is 1. The number of benzene rings is 2. The third-order valence-corrected chi connectivity index (χ3v) is 5.98. The summed E-state index contributed by atoms with van der Waals surface area (Å²) in [6.07, 6.45) is 0. The molecule has 2 heterocycles. The van der Waals surface area contributed by atoms with Crippen LogP contribution in [0.1, 0.15) is 15.2 Å². The Hall–Kier alpha value is -3.09. The molecular formula is C22H18ClN3O2S. The first kappa shape index (κ1) is 19.2. The highest BCUT2D eigenvalue weighted by Gasteiger charge is 2.19. The fraction of sp³-hybridized carbons (Fsp3) is 0.0909. The number of pyridine rings is 1. The topological polar surface area (TPSA) is 77.2 Å². The molecule has 0 saturated carbocycles. The van der Waals surface area contributed by atoms with E-state index >= 15 is 0 Å². The molecule has 2 aromatic heterocycles. The van der Waals surface area contributed by atoms with E-state index < -0.39 is 0 Å². The maximum absolute atomic E-state index is 12.8. The number of methoxy groups -OCH3 is 1. The number of nitrogen functional groups attached to an aromatic ring is 1. The molecule has 29 heavy (non-hydrogen) atoms. The lowest BCUT2D eigenvalue weighted by Crippen LogP contribution is -2.12. The molecule has 0 aliphatic heterocycles. The average Bonchev–Trinajstić information content (AvgIpc) is 3.07. The number of carbonyl (C=O) groups is 1. The lowest BCUT2D eigenvalue weighted by Gasteiger charge is -2.07. The van der Waals surface area contributed by atoms with Gasteiger partial charge in [0.05, 0.1) is 29.2 Å². The highest BCUT2D eigenvalue weighted by atomic mass is 35.5. The lowest BCUT2D eigenvalue weighted by molar-refractivity contribution is 0.103. The molecule has 4 aromatic rings. The predicted octanol–water partition coefficient (Wildman–Crippen LogP) is 5.77. The van der Waals surface area contributed by atoms with Crippen LogP contribution in [-0.2, 0) is 0 Å². The molecule has 0 bridgehead atoms. The molecule has 3 N–H and O–H groups in total. The first-order valence-electron chi connectivity index (χ1n) is 8.87. The summed E-state index contributed by atoms with van der Waals surface area (Å²) in [7, 11) is 1.63. The number of fused-ring (bicyclic) bond motifs is 1. The Bertz CT molecular complexity index is 1240. The Labute approximate surface area is 177 Å². The number of thiophene rings is 1. The number of amides is 1. The highest BCUT2D eigenvalue weighted by Crippen LogP contribution is 2.35. The van der Waals surface area contributed by atoms with Gasteiger partial charge >= 0.3 is 0 Å². The van der Waals surface area contributed by atoms with Crippen LogP contribution in [0.5, 0.6) is 5.75 Å². The van der Waals surface area contributed by atoms with Gasteiger partial charge in [-0.3, -0.25) is 4.79 Å². The molecule has 0 radical (unpaired) electrons. The number of halogens is 1. The van der Waals surface area contributed by atoms with Crippen molar-refractivity contribution in [1.82, 2.24) is 4.98 Å². The molecule has 0 unspecified atom stereocenters. The summed E-state index contributed by atoms with van der Waals surface area (Å²) in [4.78, 5) is 18.6. The van der Waals surface area contributed by atoms with Crippen molar-refractivity contribution in [1.29, 1.82) is 0 Å². The highest BCUT2D eigenvalue weighted by molar-refractivity contribution is 7.21. The van der Waals surface area contributed by atoms with Crippen molar-refractivity contribution in [2.24, 2.45) is 0 Å². The van der Waals surface area contributed by atoms with Crippen LogP contribution in [0.15, 0.2) is 54.6 Å². The van der Waals surface area contributed by atoms with Gasteiger partial charge < -0.3 is 15.8 Å². The minimum atomic E-state index is -0.305. The molecule has 2 aromatic carbocycles. The van der Waals surface area contributed by atoms with Gasteiger partial charge in [0.15, 0.2) is 0 Å². The number of aromatic nitrogens is 1. The minimum absolute atomic E-state index is 0.305. The zero-order chi connectivity index (χ0) is 20.5. The summed E-state index contributed by atoms with van der Waals surface area (Å²) in [5.74, 6) is 0.450. The lowest BCUT2D eigenvalue weighted by atomic mass is 10.1. The summed E-state index contributed by atoms with van der Waals surface area (Å²) in [6.45, 7) is 1.93. The third kappa shape index (κ3) is 3.77. The second-order valence-electron chi connectivity index (χ2n) is 6.56. The maximum atomic E-state index is 12.8. The fourth-order valence-electron chi connectivity index (χ4n) is 3.02. The summed E-state index contributed by atoms with van der Waals surface area (Å²) in [5, 5.41) is 4.07. The number of rotatable bonds is 4. The molecule has 0 aliphatic rings. The normalized spacial score (nSPS) is 10.9. The first-order chi connectivity index (χ1) is 14.0. The van der Waals surface area contributed by atoms with Crippen LogP contribution in [0.2, 0.25) is 5.02 Å². The van der Waals surface area contributed by atoms with E-state index in [1.54, 1.807) is 13.2 Å². The molecule has 0 saturated heterocycles. The van der Waals surface area contributed by atoms with Gasteiger partial charge in [0.25, 0.3) is 5.91 Å². The van der Waals surface area contributed by atoms with Crippen molar-refractivity contribution < 1.29 is 9.53 Å². The van der Waals surface area contributed by atoms with Crippen molar-refractivity contribution in [3.8, 4) is 17.0 Å². The molecule has 5 nitrogen and oxygen atoms in total. The molecular weight excluding hydrogens is 406 g/mol. The number of hydrogen-bond donors (Lipinski definition) is 2. The van der Waals surface area contributed by atoms with E-state index in [9.17, 15) is 4.79 Å². The van der Waals surface area contributed by atoms with Crippen LogP contribution < -0.4 is 15.8 Å². The molecule has 0 atom stereocenters. The Balaban J connectivity index is 1.70. The van der Waals surface area contributed by atoms with Gasteiger partial charge in [0.2, 0.25) is 0 Å². The van der Waals surface area contributed by atoms with Gasteiger partial charge in [0.1, 0.15) is 15.5 Å². The Morgan fingerprint density at radius 3 is 2.79 bits per heavy atom. The predicted molar refractivity (Wildman–Crippen MR) is 120 cm³/mol. The van der Waals surface area contributed by atoms with Crippen LogP contribution >= 0.6 is 22.9 Å². The Morgan fingerprint density at radius 1 is 1.17 bits per heavy atom. The van der Waals surface area contributed by atoms with E-state index in [-0.39, 0.29) is 5.91 Å². The number of hydrogen-bond acceptors (Lipinski definition) is 5. The molecule has 146 valence electrons. The van der Waals surface area contributed by atoms with Crippen molar-refractivity contribution in [3.05, 3.63) is 70.1 Å². The Kier molecular flexibility index (Phi) is 5.13. The maximum Gasteiger partial charge on any atom is 0.267 e. The van der Waals surface area contributed by atoms with Crippen LogP contribution in [0.4, 0.5) is 11.4 Å². The van der Waals surface area contributed by atoms with Gasteiger partial charge in [-0.05, 0) is 48.9 Å². The number of anilines is 2. The molecule has 1 amide bonds. The van der Waals surface area contributed by atoms with E-state index in [0.29, 0.717) is 26.1 Å². The van der Waals surface area contributed by atoms with Crippen molar-refractivity contribution >= 4 is 50.4 Å². The van der Waals surface area contributed by atoms with Crippen LogP contribution in [0, 0.1) is 6.92 Å². The summed E-state index contributed by atoms with van der Waals surface area (Å²) >= 11 is 7.45. The van der Waals surface area contributed by atoms with Crippen molar-refractivity contribution in [2.45, 2.75) is 6.92 Å². The molecule has 0 spiro atoms. The largest absolute Gasteiger partial charge is 0.497 e. The molecule has 4 rings (SSSR count). The van der Waals surface area contributed by atoms with Crippen LogP contribution in [-0.4, -0.2) is 18.0 Å². The van der Waals surface area contributed by atoms with E-state index in [2.05, 4.69) is 5.32 Å². The zero-order valence-electron chi connectivity index (χ0n) is 15.8. The monoisotopic (exact) mass is 423 g/mol. The quantitative estimate of drug-likeness (QED) is 0.437. The number of ether oxygens (including phenoxy) is 1. The average molecular weight is 424 g/mol. The van der Waals surface area contributed by atoms with Crippen molar-refractivity contribution in [2.75, 3.05) is 18.2 Å². The van der Waals surface area contributed by atoms with Crippen LogP contribution in [0.3, 0.4) is 0 Å². The van der Waals surface area contributed by atoms with Gasteiger partial charge in [-0.15, -0.1) is 11.3 Å². The standard InChI is InChI=1S/C22H18ClN3O2S/c1-12-6-8-16(23)18(10-12)25-21(27)20-19(24)15-7-9-17(26-22(15)29-20)13-4-3-5-14(11-13)28-2/h3-11H,24H2,1-2H3,(H,25,27). The minimum Gasteiger partial charge on any atom is -0.497 e. The SMILES string of the molecule is COc1cccc(-c2ccc3c(N)c(C(=O)Nc4cc(C)ccc4Cl)sc3n2)c1. The number of nitrogens with one attached hydrogen (secondary N) is 1. The first-order valence-corrected chi connectivity index (χ1v) is 10.1. The zero-order valence-corrected chi connectivity index (χ0v) is 17.4. The summed E-state index contributed by atoms with van der Waals surface area (Å²) < 4.78 is 5.28. The van der Waals surface area contributed by atoms with Crippen LogP contribution in [0.25, 0.3) is 21.5 Å². The smallest absolute Gasteiger partial charge is 0.267 e. The van der Waals surface area contributed by atoms with E-state index in [1.165, 1.54) is 11.3 Å². The van der Waals surface area contributed by atoms with E-state index in [1.807, 2.05) is 55.5 Å². The molecule has 0 fully saturated rings. The van der Waals surface area contributed by atoms with E-state index in [0.717, 1.165) is 28.0 Å². The van der Waals surface area contributed by atoms with Gasteiger partial charge in [-0.25, -0.2) is 4.98 Å². The third-order valence-electron chi connectivity index (χ3n) is 4.54. The fourth-order valence-corrected chi connectivity index (χ4v) is 4.18.